The second-order valence-electron chi connectivity index (χ2n) is 7.16. The smallest absolute Gasteiger partial charge is 0.259 e. The van der Waals surface area contributed by atoms with Crippen LogP contribution in [0, 0.1) is 5.82 Å². The fourth-order valence-corrected chi connectivity index (χ4v) is 4.31. The number of ether oxygens (including phenoxy) is 1. The van der Waals surface area contributed by atoms with Crippen molar-refractivity contribution in [1.82, 2.24) is 4.98 Å². The van der Waals surface area contributed by atoms with E-state index >= 15 is 0 Å². The average molecular weight is 491 g/mol. The van der Waals surface area contributed by atoms with Gasteiger partial charge >= 0.3 is 0 Å². The van der Waals surface area contributed by atoms with Crippen LogP contribution in [0.3, 0.4) is 0 Å². The summed E-state index contributed by atoms with van der Waals surface area (Å²) >= 11 is 3.56. The highest BCUT2D eigenvalue weighted by atomic mass is 79.9. The molecule has 0 aliphatic rings. The number of carbonyl (C=O) groups excluding carboxylic acids is 1. The molecule has 7 heteroatoms. The van der Waals surface area contributed by atoms with E-state index in [0.717, 1.165) is 15.2 Å². The summed E-state index contributed by atoms with van der Waals surface area (Å²) in [6.07, 6.45) is 0. The van der Waals surface area contributed by atoms with Gasteiger partial charge in [0.15, 0.2) is 5.58 Å². The van der Waals surface area contributed by atoms with Crippen LogP contribution in [0.1, 0.15) is 10.4 Å². The molecule has 1 aromatic heterocycles. The summed E-state index contributed by atoms with van der Waals surface area (Å²) in [7, 11) is 1.53. The molecule has 0 unspecified atom stereocenters. The van der Waals surface area contributed by atoms with Gasteiger partial charge in [0.05, 0.1) is 17.1 Å². The third-order valence-corrected chi connectivity index (χ3v) is 5.91. The Kier molecular flexibility index (Phi) is 5.11. The zero-order valence-corrected chi connectivity index (χ0v) is 18.4. The summed E-state index contributed by atoms with van der Waals surface area (Å²) in [6, 6.07) is 20.7. The predicted molar refractivity (Wildman–Crippen MR) is 126 cm³/mol. The van der Waals surface area contributed by atoms with Crippen LogP contribution in [-0.2, 0) is 0 Å². The van der Waals surface area contributed by atoms with E-state index in [1.165, 1.54) is 19.2 Å². The maximum Gasteiger partial charge on any atom is 0.259 e. The van der Waals surface area contributed by atoms with Crippen molar-refractivity contribution in [3.63, 3.8) is 0 Å². The van der Waals surface area contributed by atoms with Crippen molar-refractivity contribution in [2.75, 3.05) is 12.4 Å². The van der Waals surface area contributed by atoms with E-state index in [1.54, 1.807) is 36.4 Å². The van der Waals surface area contributed by atoms with Gasteiger partial charge in [-0.25, -0.2) is 9.37 Å². The van der Waals surface area contributed by atoms with Crippen LogP contribution in [-0.4, -0.2) is 18.0 Å². The van der Waals surface area contributed by atoms with Gasteiger partial charge in [0.25, 0.3) is 5.91 Å². The summed E-state index contributed by atoms with van der Waals surface area (Å²) in [5.74, 6) is 0.200. The molecule has 0 spiro atoms. The monoisotopic (exact) mass is 490 g/mol. The third kappa shape index (κ3) is 3.61. The van der Waals surface area contributed by atoms with E-state index in [1.807, 2.05) is 24.3 Å². The number of nitrogens with one attached hydrogen (secondary N) is 1. The molecule has 0 saturated carbocycles. The first-order chi connectivity index (χ1) is 15.5. The molecule has 1 heterocycles. The number of carbonyl (C=O) groups is 1. The molecule has 5 aromatic rings. The lowest BCUT2D eigenvalue weighted by atomic mass is 10.1. The first kappa shape index (κ1) is 20.2. The third-order valence-electron chi connectivity index (χ3n) is 5.13. The Hall–Kier alpha value is -3.71. The number of hydrogen-bond donors (Lipinski definition) is 1. The molecule has 0 aliphatic heterocycles. The van der Waals surface area contributed by atoms with Crippen molar-refractivity contribution >= 4 is 49.4 Å². The number of benzene rings is 4. The van der Waals surface area contributed by atoms with Gasteiger partial charge in [-0.2, -0.15) is 0 Å². The van der Waals surface area contributed by atoms with Gasteiger partial charge in [-0.05, 0) is 75.2 Å². The van der Waals surface area contributed by atoms with Gasteiger partial charge < -0.3 is 14.5 Å². The highest BCUT2D eigenvalue weighted by Gasteiger charge is 2.19. The molecule has 0 bridgehead atoms. The lowest BCUT2D eigenvalue weighted by Gasteiger charge is -2.13. The number of fused-ring (bicyclic) bond motifs is 2. The lowest BCUT2D eigenvalue weighted by molar-refractivity contribution is 0.102. The SMILES string of the molecule is COc1c(C(=O)Nc2ccc3oc(-c4ccc(F)cc4)nc3c2)cc2ccccc2c1Br. The zero-order valence-electron chi connectivity index (χ0n) is 16.9. The van der Waals surface area contributed by atoms with Crippen LogP contribution in [0.5, 0.6) is 5.75 Å². The number of anilines is 1. The first-order valence-electron chi connectivity index (χ1n) is 9.76. The van der Waals surface area contributed by atoms with E-state index in [9.17, 15) is 9.18 Å². The van der Waals surface area contributed by atoms with Gasteiger partial charge in [-0.1, -0.05) is 24.3 Å². The number of methoxy groups -OCH3 is 1. The minimum Gasteiger partial charge on any atom is -0.495 e. The minimum atomic E-state index is -0.328. The molecular weight excluding hydrogens is 475 g/mol. The molecule has 0 saturated heterocycles. The Labute approximate surface area is 191 Å². The highest BCUT2D eigenvalue weighted by molar-refractivity contribution is 9.10. The molecule has 4 aromatic carbocycles. The number of nitrogens with zero attached hydrogens (tertiary/aromatic N) is 1. The van der Waals surface area contributed by atoms with Crippen molar-refractivity contribution in [2.45, 2.75) is 0 Å². The molecule has 1 amide bonds. The van der Waals surface area contributed by atoms with Gasteiger partial charge in [0, 0.05) is 11.3 Å². The summed E-state index contributed by atoms with van der Waals surface area (Å²) in [4.78, 5) is 17.6. The minimum absolute atomic E-state index is 0.310. The van der Waals surface area contributed by atoms with E-state index in [-0.39, 0.29) is 11.7 Å². The predicted octanol–water partition coefficient (Wildman–Crippen LogP) is 6.81. The maximum atomic E-state index is 13.2. The topological polar surface area (TPSA) is 64.4 Å². The number of hydrogen-bond acceptors (Lipinski definition) is 4. The molecule has 5 nitrogen and oxygen atoms in total. The highest BCUT2D eigenvalue weighted by Crippen LogP contribution is 2.37. The zero-order chi connectivity index (χ0) is 22.2. The second-order valence-corrected chi connectivity index (χ2v) is 7.95. The fourth-order valence-electron chi connectivity index (χ4n) is 3.57. The molecule has 0 fully saturated rings. The van der Waals surface area contributed by atoms with E-state index < -0.39 is 0 Å². The molecule has 1 N–H and O–H groups in total. The number of halogens is 2. The normalized spacial score (nSPS) is 11.1. The van der Waals surface area contributed by atoms with Gasteiger partial charge in [0.2, 0.25) is 5.89 Å². The molecule has 158 valence electrons. The fraction of sp³-hybridized carbons (Fsp3) is 0.0400. The van der Waals surface area contributed by atoms with E-state index in [0.29, 0.717) is 39.6 Å². The van der Waals surface area contributed by atoms with Crippen molar-refractivity contribution in [3.05, 3.63) is 88.6 Å². The summed E-state index contributed by atoms with van der Waals surface area (Å²) in [6.45, 7) is 0. The average Bonchev–Trinajstić information content (AvgIpc) is 3.23. The number of aromatic nitrogens is 1. The first-order valence-corrected chi connectivity index (χ1v) is 10.6. The molecular formula is C25H16BrFN2O3. The molecule has 0 aliphatic carbocycles. The Morgan fingerprint density at radius 1 is 1.06 bits per heavy atom. The number of amides is 1. The number of oxazole rings is 1. The Balaban J connectivity index is 1.48. The largest absolute Gasteiger partial charge is 0.495 e. The van der Waals surface area contributed by atoms with Gasteiger partial charge in [0.1, 0.15) is 17.1 Å². The van der Waals surface area contributed by atoms with Crippen LogP contribution in [0.25, 0.3) is 33.3 Å². The number of rotatable bonds is 4. The van der Waals surface area contributed by atoms with Crippen LogP contribution >= 0.6 is 15.9 Å². The molecule has 0 atom stereocenters. The van der Waals surface area contributed by atoms with Crippen LogP contribution < -0.4 is 10.1 Å². The quantitative estimate of drug-likeness (QED) is 0.300. The van der Waals surface area contributed by atoms with Gasteiger partial charge in [-0.15, -0.1) is 0 Å². The van der Waals surface area contributed by atoms with E-state index in [2.05, 4.69) is 26.2 Å². The van der Waals surface area contributed by atoms with Crippen molar-refractivity contribution in [2.24, 2.45) is 0 Å². The maximum absolute atomic E-state index is 13.2. The Bertz CT molecular complexity index is 1480. The van der Waals surface area contributed by atoms with Crippen LogP contribution in [0.2, 0.25) is 0 Å². The summed E-state index contributed by atoms with van der Waals surface area (Å²) < 4.78 is 25.2. The van der Waals surface area contributed by atoms with Crippen molar-refractivity contribution < 1.29 is 18.3 Å². The van der Waals surface area contributed by atoms with Crippen LogP contribution in [0.15, 0.2) is 81.7 Å². The van der Waals surface area contributed by atoms with Crippen molar-refractivity contribution in [1.29, 1.82) is 0 Å². The standard InChI is InChI=1S/C25H16BrFN2O3/c1-31-23-19(12-15-4-2-3-5-18(15)22(23)26)24(30)28-17-10-11-21-20(13-17)29-25(32-21)14-6-8-16(27)9-7-14/h2-13H,1H3,(H,28,30). The Morgan fingerprint density at radius 2 is 1.84 bits per heavy atom. The second kappa shape index (κ2) is 8.09. The Morgan fingerprint density at radius 3 is 2.62 bits per heavy atom. The molecule has 0 radical (unpaired) electrons. The van der Waals surface area contributed by atoms with Gasteiger partial charge in [-0.3, -0.25) is 4.79 Å². The van der Waals surface area contributed by atoms with Crippen LogP contribution in [0.4, 0.5) is 10.1 Å². The molecule has 32 heavy (non-hydrogen) atoms. The molecule has 5 rings (SSSR count). The summed E-state index contributed by atoms with van der Waals surface area (Å²) in [5.41, 5.74) is 2.78. The lowest BCUT2D eigenvalue weighted by Crippen LogP contribution is -2.13. The van der Waals surface area contributed by atoms with E-state index in [4.69, 9.17) is 9.15 Å². The van der Waals surface area contributed by atoms with Crippen molar-refractivity contribution in [3.8, 4) is 17.2 Å². The summed E-state index contributed by atoms with van der Waals surface area (Å²) in [5, 5.41) is 4.78.